The van der Waals surface area contributed by atoms with Gasteiger partial charge in [0, 0.05) is 13.1 Å². The summed E-state index contributed by atoms with van der Waals surface area (Å²) < 4.78 is 20.3. The smallest absolute Gasteiger partial charge is 0.353 e. The maximum absolute atomic E-state index is 13.4. The first-order chi connectivity index (χ1) is 8.90. The van der Waals surface area contributed by atoms with Crippen LogP contribution in [0.5, 0.6) is 11.6 Å². The maximum atomic E-state index is 13.4. The van der Waals surface area contributed by atoms with Gasteiger partial charge in [0.2, 0.25) is 0 Å². The van der Waals surface area contributed by atoms with Crippen molar-refractivity contribution in [3.63, 3.8) is 0 Å². The van der Waals surface area contributed by atoms with Gasteiger partial charge >= 0.3 is 5.69 Å². The molecule has 0 spiro atoms. The number of ether oxygens (including phenoxy) is 1. The molecule has 0 saturated carbocycles. The zero-order valence-corrected chi connectivity index (χ0v) is 11.6. The molecule has 1 heterocycles. The third-order valence-corrected chi connectivity index (χ3v) is 3.07. The minimum atomic E-state index is -0.577. The zero-order valence-electron chi connectivity index (χ0n) is 10.1. The molecule has 0 saturated heterocycles. The lowest BCUT2D eigenvalue weighted by atomic mass is 10.3. The molecule has 0 unspecified atom stereocenters. The van der Waals surface area contributed by atoms with Crippen molar-refractivity contribution in [3.8, 4) is 11.6 Å². The van der Waals surface area contributed by atoms with E-state index in [0.29, 0.717) is 0 Å². The van der Waals surface area contributed by atoms with Crippen molar-refractivity contribution in [1.29, 1.82) is 0 Å². The van der Waals surface area contributed by atoms with Gasteiger partial charge in [-0.3, -0.25) is 10.1 Å². The van der Waals surface area contributed by atoms with Crippen molar-refractivity contribution >= 4 is 21.6 Å². The van der Waals surface area contributed by atoms with Crippen LogP contribution in [0.4, 0.5) is 10.1 Å². The molecule has 100 valence electrons. The summed E-state index contributed by atoms with van der Waals surface area (Å²) >= 11 is 3.01. The molecule has 1 aromatic carbocycles. The Morgan fingerprint density at radius 2 is 2.21 bits per heavy atom. The number of hydrogen-bond acceptors (Lipinski definition) is 4. The summed E-state index contributed by atoms with van der Waals surface area (Å²) in [5.41, 5.74) is 0.00547. The number of halogens is 2. The quantitative estimate of drug-likeness (QED) is 0.639. The van der Waals surface area contributed by atoms with Crippen molar-refractivity contribution in [2.75, 3.05) is 0 Å². The van der Waals surface area contributed by atoms with Gasteiger partial charge in [0.25, 0.3) is 5.88 Å². The number of nitro groups is 1. The fourth-order valence-electron chi connectivity index (χ4n) is 1.60. The van der Waals surface area contributed by atoms with E-state index in [1.165, 1.54) is 30.8 Å². The molecule has 0 fully saturated rings. The largest absolute Gasteiger partial charge is 0.434 e. The fraction of sp³-hybridized carbons (Fsp3) is 0.182. The Morgan fingerprint density at radius 1 is 1.53 bits per heavy atom. The summed E-state index contributed by atoms with van der Waals surface area (Å²) in [4.78, 5) is 10.4. The van der Waals surface area contributed by atoms with Crippen LogP contribution in [0, 0.1) is 22.9 Å². The molecule has 1 aromatic heterocycles. The van der Waals surface area contributed by atoms with Gasteiger partial charge in [-0.15, -0.1) is 0 Å². The highest BCUT2D eigenvalue weighted by molar-refractivity contribution is 9.10. The highest BCUT2D eigenvalue weighted by Gasteiger charge is 2.26. The van der Waals surface area contributed by atoms with Gasteiger partial charge in [0.1, 0.15) is 17.3 Å². The third kappa shape index (κ3) is 2.58. The molecule has 0 N–H and O–H groups in total. The number of aromatic nitrogens is 2. The van der Waals surface area contributed by atoms with Crippen molar-refractivity contribution < 1.29 is 14.1 Å². The van der Waals surface area contributed by atoms with E-state index in [1.807, 2.05) is 0 Å². The summed E-state index contributed by atoms with van der Waals surface area (Å²) in [5, 5.41) is 14.9. The molecular weight excluding hydrogens is 321 g/mol. The molecule has 0 bridgehead atoms. The van der Waals surface area contributed by atoms with Crippen LogP contribution in [0.1, 0.15) is 5.69 Å². The molecular formula is C11H9BrFN3O3. The van der Waals surface area contributed by atoms with Crippen LogP contribution in [0.3, 0.4) is 0 Å². The predicted molar refractivity (Wildman–Crippen MR) is 68.8 cm³/mol. The van der Waals surface area contributed by atoms with E-state index >= 15 is 0 Å². The molecule has 0 radical (unpaired) electrons. The maximum Gasteiger partial charge on any atom is 0.353 e. The SMILES string of the molecule is Cc1nn(C)c(Oc2ccc(Br)c(F)c2)c1[N+](=O)[O-]. The Balaban J connectivity index is 2.43. The van der Waals surface area contributed by atoms with E-state index in [0.717, 1.165) is 6.07 Å². The molecule has 2 aromatic rings. The lowest BCUT2D eigenvalue weighted by molar-refractivity contribution is -0.386. The van der Waals surface area contributed by atoms with Gasteiger partial charge < -0.3 is 4.74 Å². The average Bonchev–Trinajstić information content (AvgIpc) is 2.59. The van der Waals surface area contributed by atoms with Crippen molar-refractivity contribution in [3.05, 3.63) is 44.3 Å². The topological polar surface area (TPSA) is 70.2 Å². The first kappa shape index (κ1) is 13.5. The molecule has 8 heteroatoms. The van der Waals surface area contributed by atoms with Gasteiger partial charge in [-0.1, -0.05) is 0 Å². The Kier molecular flexibility index (Phi) is 3.52. The van der Waals surface area contributed by atoms with E-state index in [4.69, 9.17) is 4.74 Å². The Morgan fingerprint density at radius 3 is 2.79 bits per heavy atom. The third-order valence-electron chi connectivity index (χ3n) is 2.43. The standard InChI is InChI=1S/C11H9BrFN3O3/c1-6-10(16(17)18)11(15(2)14-6)19-7-3-4-8(12)9(13)5-7/h3-5H,1-2H3. The van der Waals surface area contributed by atoms with Crippen LogP contribution in [0.2, 0.25) is 0 Å². The normalized spacial score (nSPS) is 10.5. The van der Waals surface area contributed by atoms with Crippen molar-refractivity contribution in [2.45, 2.75) is 6.92 Å². The lowest BCUT2D eigenvalue weighted by Crippen LogP contribution is -1.97. The summed E-state index contributed by atoms with van der Waals surface area (Å²) in [7, 11) is 1.52. The van der Waals surface area contributed by atoms with E-state index in [-0.39, 0.29) is 27.5 Å². The molecule has 0 amide bonds. The van der Waals surface area contributed by atoms with E-state index in [1.54, 1.807) is 0 Å². The van der Waals surface area contributed by atoms with Gasteiger partial charge in [-0.2, -0.15) is 5.10 Å². The first-order valence-corrected chi connectivity index (χ1v) is 6.00. The molecule has 19 heavy (non-hydrogen) atoms. The molecule has 0 aliphatic rings. The Bertz CT molecular complexity index is 657. The highest BCUT2D eigenvalue weighted by Crippen LogP contribution is 2.34. The van der Waals surface area contributed by atoms with Crippen molar-refractivity contribution in [1.82, 2.24) is 9.78 Å². The average molecular weight is 330 g/mol. The highest BCUT2D eigenvalue weighted by atomic mass is 79.9. The summed E-state index contributed by atoms with van der Waals surface area (Å²) in [5.74, 6) is -0.393. The number of aryl methyl sites for hydroxylation is 2. The van der Waals surface area contributed by atoms with E-state index < -0.39 is 10.7 Å². The van der Waals surface area contributed by atoms with E-state index in [9.17, 15) is 14.5 Å². The van der Waals surface area contributed by atoms with Crippen LogP contribution in [-0.2, 0) is 7.05 Å². The van der Waals surface area contributed by atoms with Crippen LogP contribution in [-0.4, -0.2) is 14.7 Å². The van der Waals surface area contributed by atoms with Crippen LogP contribution >= 0.6 is 15.9 Å². The van der Waals surface area contributed by atoms with Gasteiger partial charge in [0.15, 0.2) is 0 Å². The first-order valence-electron chi connectivity index (χ1n) is 5.21. The molecule has 0 atom stereocenters. The van der Waals surface area contributed by atoms with Crippen LogP contribution in [0.15, 0.2) is 22.7 Å². The number of rotatable bonds is 3. The van der Waals surface area contributed by atoms with Crippen molar-refractivity contribution in [2.24, 2.45) is 7.05 Å². The number of hydrogen-bond donors (Lipinski definition) is 0. The minimum absolute atomic E-state index is 0.0378. The molecule has 6 nitrogen and oxygen atoms in total. The molecule has 0 aliphatic heterocycles. The summed E-state index contributed by atoms with van der Waals surface area (Å²) in [6.45, 7) is 1.51. The summed E-state index contributed by atoms with van der Waals surface area (Å²) in [6.07, 6.45) is 0. The Hall–Kier alpha value is -1.96. The summed E-state index contributed by atoms with van der Waals surface area (Å²) in [6, 6.07) is 4.09. The second-order valence-electron chi connectivity index (χ2n) is 3.80. The predicted octanol–water partition coefficient (Wildman–Crippen LogP) is 3.33. The zero-order chi connectivity index (χ0) is 14.2. The lowest BCUT2D eigenvalue weighted by Gasteiger charge is -2.05. The number of benzene rings is 1. The monoisotopic (exact) mass is 329 g/mol. The Labute approximate surface area is 116 Å². The fourth-order valence-corrected chi connectivity index (χ4v) is 1.85. The van der Waals surface area contributed by atoms with Gasteiger partial charge in [-0.25, -0.2) is 9.07 Å². The van der Waals surface area contributed by atoms with E-state index in [2.05, 4.69) is 21.0 Å². The molecule has 2 rings (SSSR count). The second kappa shape index (κ2) is 4.96. The van der Waals surface area contributed by atoms with Crippen LogP contribution < -0.4 is 4.74 Å². The second-order valence-corrected chi connectivity index (χ2v) is 4.65. The van der Waals surface area contributed by atoms with Crippen LogP contribution in [0.25, 0.3) is 0 Å². The molecule has 0 aliphatic carbocycles. The van der Waals surface area contributed by atoms with Gasteiger partial charge in [-0.05, 0) is 35.0 Å². The minimum Gasteiger partial charge on any atom is -0.434 e. The number of nitrogens with zero attached hydrogens (tertiary/aromatic N) is 3. The van der Waals surface area contributed by atoms with Gasteiger partial charge in [0.05, 0.1) is 9.40 Å².